The van der Waals surface area contributed by atoms with Crippen molar-refractivity contribution < 1.29 is 9.90 Å². The fourth-order valence-corrected chi connectivity index (χ4v) is 2.98. The molecule has 2 aliphatic rings. The van der Waals surface area contributed by atoms with Crippen molar-refractivity contribution in [3.05, 3.63) is 0 Å². The van der Waals surface area contributed by atoms with Gasteiger partial charge in [-0.1, -0.05) is 13.8 Å². The molecule has 2 heterocycles. The molecule has 2 rings (SSSR count). The monoisotopic (exact) mass is 283 g/mol. The lowest BCUT2D eigenvalue weighted by Crippen LogP contribution is -2.55. The van der Waals surface area contributed by atoms with E-state index in [1.807, 2.05) is 25.7 Å². The van der Waals surface area contributed by atoms with Crippen molar-refractivity contribution in [2.75, 3.05) is 39.3 Å². The molecule has 0 saturated carbocycles. The van der Waals surface area contributed by atoms with Gasteiger partial charge in [-0.3, -0.25) is 9.69 Å². The van der Waals surface area contributed by atoms with Gasteiger partial charge in [0.1, 0.15) is 0 Å². The van der Waals surface area contributed by atoms with Crippen LogP contribution in [0.3, 0.4) is 0 Å². The van der Waals surface area contributed by atoms with Crippen LogP contribution in [0, 0.1) is 5.92 Å². The van der Waals surface area contributed by atoms with Crippen LogP contribution in [-0.4, -0.2) is 71.7 Å². The van der Waals surface area contributed by atoms with Crippen LogP contribution in [0.25, 0.3) is 0 Å². The lowest BCUT2D eigenvalue weighted by molar-refractivity contribution is -0.137. The summed E-state index contributed by atoms with van der Waals surface area (Å²) < 4.78 is 0. The lowest BCUT2D eigenvalue weighted by atomic mass is 9.91. The van der Waals surface area contributed by atoms with Crippen molar-refractivity contribution in [3.8, 4) is 0 Å². The van der Waals surface area contributed by atoms with Crippen LogP contribution >= 0.6 is 0 Å². The average molecular weight is 283 g/mol. The van der Waals surface area contributed by atoms with Gasteiger partial charge in [0.2, 0.25) is 5.91 Å². The van der Waals surface area contributed by atoms with Crippen LogP contribution in [-0.2, 0) is 4.79 Å². The number of piperazine rings is 1. The first kappa shape index (κ1) is 15.7. The molecule has 1 amide bonds. The van der Waals surface area contributed by atoms with E-state index in [-0.39, 0.29) is 17.9 Å². The van der Waals surface area contributed by atoms with Gasteiger partial charge in [-0.15, -0.1) is 0 Å². The van der Waals surface area contributed by atoms with Crippen molar-refractivity contribution in [2.24, 2.45) is 5.92 Å². The van der Waals surface area contributed by atoms with Crippen molar-refractivity contribution in [3.63, 3.8) is 0 Å². The normalized spacial score (nSPS) is 27.9. The van der Waals surface area contributed by atoms with E-state index < -0.39 is 5.60 Å². The second kappa shape index (κ2) is 6.41. The fraction of sp³-hybridized carbons (Fsp3) is 0.933. The zero-order chi connectivity index (χ0) is 14.8. The molecular formula is C15H29N3O2. The summed E-state index contributed by atoms with van der Waals surface area (Å²) in [6.45, 7) is 10.9. The summed E-state index contributed by atoms with van der Waals surface area (Å²) in [6, 6.07) is -0.0293. The first-order valence-corrected chi connectivity index (χ1v) is 7.88. The summed E-state index contributed by atoms with van der Waals surface area (Å²) in [5, 5.41) is 13.8. The van der Waals surface area contributed by atoms with E-state index in [0.29, 0.717) is 6.54 Å². The van der Waals surface area contributed by atoms with Crippen LogP contribution in [0.5, 0.6) is 0 Å². The van der Waals surface area contributed by atoms with Crippen LogP contribution in [0.15, 0.2) is 0 Å². The highest BCUT2D eigenvalue weighted by Crippen LogP contribution is 2.25. The third-order valence-electron chi connectivity index (χ3n) is 4.84. The van der Waals surface area contributed by atoms with E-state index in [0.717, 1.165) is 45.6 Å². The Morgan fingerprint density at radius 1 is 1.35 bits per heavy atom. The molecule has 5 heteroatoms. The molecule has 0 aromatic carbocycles. The maximum absolute atomic E-state index is 12.6. The summed E-state index contributed by atoms with van der Waals surface area (Å²) in [5.74, 6) is 0.446. The Bertz CT molecular complexity index is 338. The molecule has 0 aliphatic carbocycles. The van der Waals surface area contributed by atoms with Gasteiger partial charge in [-0.05, 0) is 32.2 Å². The smallest absolute Gasteiger partial charge is 0.240 e. The number of carbonyl (C=O) groups excluding carboxylic acids is 1. The molecule has 2 N–H and O–H groups in total. The molecule has 2 saturated heterocycles. The van der Waals surface area contributed by atoms with Crippen LogP contribution in [0.4, 0.5) is 0 Å². The van der Waals surface area contributed by atoms with Gasteiger partial charge < -0.3 is 15.3 Å². The molecule has 0 spiro atoms. The van der Waals surface area contributed by atoms with E-state index in [1.165, 1.54) is 0 Å². The quantitative estimate of drug-likeness (QED) is 0.779. The first-order valence-electron chi connectivity index (χ1n) is 7.88. The molecule has 2 atom stereocenters. The second-order valence-corrected chi connectivity index (χ2v) is 6.72. The van der Waals surface area contributed by atoms with E-state index >= 15 is 0 Å². The Morgan fingerprint density at radius 2 is 2.00 bits per heavy atom. The SMILES string of the molecule is CC(C)C(C)(O)CN1CCCC1C(=O)N1CCNCC1. The van der Waals surface area contributed by atoms with Gasteiger partial charge in [0, 0.05) is 32.7 Å². The maximum atomic E-state index is 12.6. The molecule has 116 valence electrons. The van der Waals surface area contributed by atoms with Gasteiger partial charge in [0.15, 0.2) is 0 Å². The molecule has 0 bridgehead atoms. The molecule has 2 fully saturated rings. The van der Waals surface area contributed by atoms with Crippen molar-refractivity contribution >= 4 is 5.91 Å². The highest BCUT2D eigenvalue weighted by atomic mass is 16.3. The Labute approximate surface area is 122 Å². The summed E-state index contributed by atoms with van der Waals surface area (Å²) in [4.78, 5) is 16.8. The predicted octanol–water partition coefficient (Wildman–Crippen LogP) is 0.290. The minimum Gasteiger partial charge on any atom is -0.389 e. The van der Waals surface area contributed by atoms with Gasteiger partial charge >= 0.3 is 0 Å². The first-order chi connectivity index (χ1) is 9.42. The second-order valence-electron chi connectivity index (χ2n) is 6.72. The lowest BCUT2D eigenvalue weighted by Gasteiger charge is -2.37. The number of rotatable bonds is 4. The van der Waals surface area contributed by atoms with Crippen LogP contribution < -0.4 is 5.32 Å². The predicted molar refractivity (Wildman–Crippen MR) is 79.5 cm³/mol. The number of likely N-dealkylation sites (tertiary alicyclic amines) is 1. The highest BCUT2D eigenvalue weighted by molar-refractivity contribution is 5.82. The Kier molecular flexibility index (Phi) is 5.04. The Morgan fingerprint density at radius 3 is 2.60 bits per heavy atom. The van der Waals surface area contributed by atoms with Gasteiger partial charge in [0.25, 0.3) is 0 Å². The zero-order valence-corrected chi connectivity index (χ0v) is 13.1. The molecule has 0 radical (unpaired) electrons. The number of nitrogens with one attached hydrogen (secondary N) is 1. The van der Waals surface area contributed by atoms with Gasteiger partial charge in [-0.2, -0.15) is 0 Å². The van der Waals surface area contributed by atoms with Gasteiger partial charge in [0.05, 0.1) is 11.6 Å². The minimum atomic E-state index is -0.730. The number of hydrogen-bond donors (Lipinski definition) is 2. The zero-order valence-electron chi connectivity index (χ0n) is 13.1. The highest BCUT2D eigenvalue weighted by Gasteiger charge is 2.38. The molecule has 2 aliphatic heterocycles. The van der Waals surface area contributed by atoms with Crippen LogP contribution in [0.2, 0.25) is 0 Å². The van der Waals surface area contributed by atoms with E-state index in [4.69, 9.17) is 0 Å². The number of nitrogens with zero attached hydrogens (tertiary/aromatic N) is 2. The average Bonchev–Trinajstić information content (AvgIpc) is 2.86. The Hall–Kier alpha value is -0.650. The fourth-order valence-electron chi connectivity index (χ4n) is 2.98. The molecule has 0 aromatic heterocycles. The number of aliphatic hydroxyl groups is 1. The Balaban J connectivity index is 1.97. The standard InChI is InChI=1S/C15H29N3O2/c1-12(2)15(3,20)11-18-8-4-5-13(18)14(19)17-9-6-16-7-10-17/h12-13,16,20H,4-11H2,1-3H3. The third kappa shape index (κ3) is 3.51. The summed E-state index contributed by atoms with van der Waals surface area (Å²) in [6.07, 6.45) is 1.98. The minimum absolute atomic E-state index is 0.0293. The topological polar surface area (TPSA) is 55.8 Å². The summed E-state index contributed by atoms with van der Waals surface area (Å²) in [7, 11) is 0. The van der Waals surface area contributed by atoms with E-state index in [9.17, 15) is 9.90 Å². The molecule has 5 nitrogen and oxygen atoms in total. The number of carbonyl (C=O) groups is 1. The van der Waals surface area contributed by atoms with Gasteiger partial charge in [-0.25, -0.2) is 0 Å². The van der Waals surface area contributed by atoms with Crippen LogP contribution in [0.1, 0.15) is 33.6 Å². The van der Waals surface area contributed by atoms with Crippen molar-refractivity contribution in [2.45, 2.75) is 45.3 Å². The summed E-state index contributed by atoms with van der Waals surface area (Å²) in [5.41, 5.74) is -0.730. The van der Waals surface area contributed by atoms with E-state index in [1.54, 1.807) is 0 Å². The molecular weight excluding hydrogens is 254 g/mol. The molecule has 2 unspecified atom stereocenters. The summed E-state index contributed by atoms with van der Waals surface area (Å²) >= 11 is 0. The maximum Gasteiger partial charge on any atom is 0.240 e. The van der Waals surface area contributed by atoms with Crippen molar-refractivity contribution in [1.29, 1.82) is 0 Å². The number of amides is 1. The molecule has 20 heavy (non-hydrogen) atoms. The van der Waals surface area contributed by atoms with Crippen molar-refractivity contribution in [1.82, 2.24) is 15.1 Å². The number of β-amino-alcohol motifs (C(OH)–C–C–N with tert-alkyl or cyclic N) is 1. The number of hydrogen-bond acceptors (Lipinski definition) is 4. The largest absolute Gasteiger partial charge is 0.389 e. The third-order valence-corrected chi connectivity index (χ3v) is 4.84. The molecule has 0 aromatic rings. The van der Waals surface area contributed by atoms with E-state index in [2.05, 4.69) is 10.2 Å².